The van der Waals surface area contributed by atoms with E-state index in [0.29, 0.717) is 33.5 Å². The Morgan fingerprint density at radius 1 is 1.11 bits per heavy atom. The number of halogens is 2. The lowest BCUT2D eigenvalue weighted by Crippen LogP contribution is -2.28. The van der Waals surface area contributed by atoms with Crippen LogP contribution in [0.4, 0.5) is 5.82 Å². The number of carbonyl (C=O) groups excluding carboxylic acids is 1. The zero-order chi connectivity index (χ0) is 24.8. The summed E-state index contributed by atoms with van der Waals surface area (Å²) in [6.45, 7) is 5.87. The topological polar surface area (TPSA) is 80.5 Å². The SMILES string of the molecule is CC(Oc1cc(-c2cccc(C(=O)NCCCN3CCCC3)c2)cnc1N)c1c(Cl)cccc1Cl. The molecule has 2 aromatic carbocycles. The quantitative estimate of drug-likeness (QED) is 0.344. The number of pyridine rings is 1. The molecule has 0 spiro atoms. The number of nitrogens with zero attached hydrogens (tertiary/aromatic N) is 2. The van der Waals surface area contributed by atoms with E-state index in [1.54, 1.807) is 24.4 Å². The van der Waals surface area contributed by atoms with Gasteiger partial charge in [-0.2, -0.15) is 0 Å². The van der Waals surface area contributed by atoms with Gasteiger partial charge in [-0.3, -0.25) is 4.79 Å². The minimum Gasteiger partial charge on any atom is -0.482 e. The Kier molecular flexibility index (Phi) is 8.50. The average molecular weight is 513 g/mol. The highest BCUT2D eigenvalue weighted by atomic mass is 35.5. The molecule has 3 N–H and O–H groups in total. The molecular formula is C27H30Cl2N4O2. The Morgan fingerprint density at radius 2 is 1.83 bits per heavy atom. The zero-order valence-electron chi connectivity index (χ0n) is 19.8. The minimum atomic E-state index is -0.437. The van der Waals surface area contributed by atoms with Gasteiger partial charge >= 0.3 is 0 Å². The van der Waals surface area contributed by atoms with Gasteiger partial charge in [0.2, 0.25) is 0 Å². The number of carbonyl (C=O) groups is 1. The van der Waals surface area contributed by atoms with E-state index in [1.807, 2.05) is 37.3 Å². The lowest BCUT2D eigenvalue weighted by molar-refractivity contribution is 0.0952. The van der Waals surface area contributed by atoms with E-state index in [0.717, 1.165) is 24.1 Å². The molecule has 0 bridgehead atoms. The molecule has 184 valence electrons. The van der Waals surface area contributed by atoms with Crippen molar-refractivity contribution in [2.45, 2.75) is 32.3 Å². The molecule has 0 radical (unpaired) electrons. The van der Waals surface area contributed by atoms with Crippen molar-refractivity contribution >= 4 is 34.9 Å². The molecule has 1 aliphatic rings. The molecule has 35 heavy (non-hydrogen) atoms. The molecular weight excluding hydrogens is 483 g/mol. The smallest absolute Gasteiger partial charge is 0.251 e. The summed E-state index contributed by atoms with van der Waals surface area (Å²) in [4.78, 5) is 19.4. The predicted molar refractivity (Wildman–Crippen MR) is 142 cm³/mol. The molecule has 6 nitrogen and oxygen atoms in total. The number of hydrogen-bond donors (Lipinski definition) is 2. The maximum Gasteiger partial charge on any atom is 0.251 e. The molecule has 1 saturated heterocycles. The first-order chi connectivity index (χ1) is 16.9. The van der Waals surface area contributed by atoms with Crippen molar-refractivity contribution in [2.24, 2.45) is 0 Å². The first-order valence-electron chi connectivity index (χ1n) is 11.9. The van der Waals surface area contributed by atoms with E-state index in [2.05, 4.69) is 15.2 Å². The van der Waals surface area contributed by atoms with Crippen LogP contribution in [0.5, 0.6) is 5.75 Å². The van der Waals surface area contributed by atoms with Gasteiger partial charge in [-0.05, 0) is 81.7 Å². The van der Waals surface area contributed by atoms with Crippen LogP contribution in [0.3, 0.4) is 0 Å². The lowest BCUT2D eigenvalue weighted by Gasteiger charge is -2.19. The number of nitrogen functional groups attached to an aromatic ring is 1. The van der Waals surface area contributed by atoms with Crippen molar-refractivity contribution in [2.75, 3.05) is 31.9 Å². The second-order valence-electron chi connectivity index (χ2n) is 8.74. The van der Waals surface area contributed by atoms with Gasteiger partial charge in [0.25, 0.3) is 5.91 Å². The molecule has 1 fully saturated rings. The highest BCUT2D eigenvalue weighted by Gasteiger charge is 2.18. The van der Waals surface area contributed by atoms with Crippen LogP contribution >= 0.6 is 23.2 Å². The number of hydrogen-bond acceptors (Lipinski definition) is 5. The molecule has 3 aromatic rings. The van der Waals surface area contributed by atoms with Crippen LogP contribution in [-0.4, -0.2) is 42.0 Å². The van der Waals surface area contributed by atoms with E-state index in [-0.39, 0.29) is 11.7 Å². The van der Waals surface area contributed by atoms with Crippen LogP contribution in [0.15, 0.2) is 54.7 Å². The Morgan fingerprint density at radius 3 is 2.57 bits per heavy atom. The average Bonchev–Trinajstić information content (AvgIpc) is 3.37. The van der Waals surface area contributed by atoms with Gasteiger partial charge in [-0.15, -0.1) is 0 Å². The van der Waals surface area contributed by atoms with Crippen LogP contribution in [0.2, 0.25) is 10.0 Å². The Hall–Kier alpha value is -2.80. The fourth-order valence-electron chi connectivity index (χ4n) is 4.31. The molecule has 1 aliphatic heterocycles. The fourth-order valence-corrected chi connectivity index (χ4v) is 5.01. The van der Waals surface area contributed by atoms with Gasteiger partial charge < -0.3 is 20.7 Å². The largest absolute Gasteiger partial charge is 0.482 e. The molecule has 0 aliphatic carbocycles. The molecule has 1 unspecified atom stereocenters. The zero-order valence-corrected chi connectivity index (χ0v) is 21.3. The van der Waals surface area contributed by atoms with E-state index in [1.165, 1.54) is 25.9 Å². The van der Waals surface area contributed by atoms with Crippen molar-refractivity contribution < 1.29 is 9.53 Å². The van der Waals surface area contributed by atoms with Crippen molar-refractivity contribution in [1.82, 2.24) is 15.2 Å². The third-order valence-corrected chi connectivity index (χ3v) is 6.84. The predicted octanol–water partition coefficient (Wildman–Crippen LogP) is 5.99. The van der Waals surface area contributed by atoms with E-state index >= 15 is 0 Å². The summed E-state index contributed by atoms with van der Waals surface area (Å²) in [7, 11) is 0. The fraction of sp³-hybridized carbons (Fsp3) is 0.333. The number of likely N-dealkylation sites (tertiary alicyclic amines) is 1. The molecule has 1 atom stereocenters. The van der Waals surface area contributed by atoms with Gasteiger partial charge in [-0.25, -0.2) is 4.98 Å². The standard InChI is InChI=1S/C27H30Cl2N4O2/c1-18(25-22(28)9-5-10-23(25)29)35-24-16-21(17-32-26(24)30)19-7-4-8-20(15-19)27(34)31-11-6-14-33-12-2-3-13-33/h4-5,7-10,15-18H,2-3,6,11-14H2,1H3,(H2,30,32)(H,31,34). The first kappa shape index (κ1) is 25.3. The van der Waals surface area contributed by atoms with Gasteiger partial charge in [0.1, 0.15) is 6.10 Å². The van der Waals surface area contributed by atoms with Crippen molar-refractivity contribution in [3.63, 3.8) is 0 Å². The maximum atomic E-state index is 12.7. The summed E-state index contributed by atoms with van der Waals surface area (Å²) in [6, 6.07) is 14.6. The van der Waals surface area contributed by atoms with Crippen molar-refractivity contribution in [1.29, 1.82) is 0 Å². The Balaban J connectivity index is 1.44. The summed E-state index contributed by atoms with van der Waals surface area (Å²) in [5, 5.41) is 4.07. The number of anilines is 1. The number of amides is 1. The highest BCUT2D eigenvalue weighted by molar-refractivity contribution is 6.36. The van der Waals surface area contributed by atoms with Crippen molar-refractivity contribution in [3.8, 4) is 16.9 Å². The van der Waals surface area contributed by atoms with E-state index < -0.39 is 6.10 Å². The highest BCUT2D eigenvalue weighted by Crippen LogP contribution is 2.35. The summed E-state index contributed by atoms with van der Waals surface area (Å²) >= 11 is 12.7. The number of nitrogens with two attached hydrogens (primary N) is 1. The number of rotatable bonds is 9. The van der Waals surface area contributed by atoms with Crippen LogP contribution in [0.1, 0.15) is 48.2 Å². The molecule has 2 heterocycles. The Bertz CT molecular complexity index is 1160. The van der Waals surface area contributed by atoms with Gasteiger partial charge in [-0.1, -0.05) is 41.4 Å². The third kappa shape index (κ3) is 6.45. The van der Waals surface area contributed by atoms with Crippen LogP contribution in [0.25, 0.3) is 11.1 Å². The summed E-state index contributed by atoms with van der Waals surface area (Å²) in [5.74, 6) is 0.591. The summed E-state index contributed by atoms with van der Waals surface area (Å²) in [6.07, 6.45) is 4.73. The number of ether oxygens (including phenoxy) is 1. The first-order valence-corrected chi connectivity index (χ1v) is 12.6. The summed E-state index contributed by atoms with van der Waals surface area (Å²) in [5.41, 5.74) is 9.00. The number of aromatic nitrogens is 1. The van der Waals surface area contributed by atoms with Crippen LogP contribution in [0, 0.1) is 0 Å². The third-order valence-electron chi connectivity index (χ3n) is 6.19. The molecule has 1 amide bonds. The normalized spacial score (nSPS) is 14.6. The van der Waals surface area contributed by atoms with Crippen molar-refractivity contribution in [3.05, 3.63) is 75.9 Å². The molecule has 4 rings (SSSR count). The monoisotopic (exact) mass is 512 g/mol. The van der Waals surface area contributed by atoms with Crippen LogP contribution in [-0.2, 0) is 0 Å². The lowest BCUT2D eigenvalue weighted by atomic mass is 10.0. The summed E-state index contributed by atoms with van der Waals surface area (Å²) < 4.78 is 6.10. The van der Waals surface area contributed by atoms with E-state index in [4.69, 9.17) is 33.7 Å². The molecule has 1 aromatic heterocycles. The minimum absolute atomic E-state index is 0.0878. The van der Waals surface area contributed by atoms with Gasteiger partial charge in [0.05, 0.1) is 0 Å². The van der Waals surface area contributed by atoms with E-state index in [9.17, 15) is 4.79 Å². The second kappa shape index (κ2) is 11.8. The van der Waals surface area contributed by atoms with Crippen LogP contribution < -0.4 is 15.8 Å². The molecule has 8 heteroatoms. The maximum absolute atomic E-state index is 12.7. The number of benzene rings is 2. The Labute approximate surface area is 216 Å². The van der Waals surface area contributed by atoms with Gasteiger partial charge in [0.15, 0.2) is 11.6 Å². The second-order valence-corrected chi connectivity index (χ2v) is 9.56. The molecule has 0 saturated carbocycles. The number of nitrogens with one attached hydrogen (secondary N) is 1. The van der Waals surface area contributed by atoms with Gasteiger partial charge in [0, 0.05) is 39.5 Å².